The van der Waals surface area contributed by atoms with E-state index in [4.69, 9.17) is 0 Å². The molecule has 3 nitrogen and oxygen atoms in total. The fraction of sp³-hybridized carbons (Fsp3) is 0.381. The van der Waals surface area contributed by atoms with Crippen LogP contribution in [0.1, 0.15) is 43.6 Å². The minimum Gasteiger partial charge on any atom is -0.406 e. The molecule has 0 fully saturated rings. The number of aromatic nitrogens is 2. The van der Waals surface area contributed by atoms with Crippen LogP contribution in [0, 0.1) is 5.95 Å². The maximum absolute atomic E-state index is 13.5. The second-order valence-electron chi connectivity index (χ2n) is 6.69. The van der Waals surface area contributed by atoms with Gasteiger partial charge < -0.3 is 9.30 Å². The molecule has 0 amide bonds. The summed E-state index contributed by atoms with van der Waals surface area (Å²) in [7, 11) is 0. The summed E-state index contributed by atoms with van der Waals surface area (Å²) in [5, 5.41) is 0.739. The normalized spacial score (nSPS) is 11.9. The van der Waals surface area contributed by atoms with Crippen LogP contribution in [-0.2, 0) is 19.4 Å². The number of pyridine rings is 1. The van der Waals surface area contributed by atoms with Crippen molar-refractivity contribution in [2.45, 2.75) is 52.4 Å². The zero-order valence-corrected chi connectivity index (χ0v) is 15.8. The van der Waals surface area contributed by atoms with Gasteiger partial charge in [-0.1, -0.05) is 32.8 Å². The molecule has 0 bridgehead atoms. The lowest BCUT2D eigenvalue weighted by Crippen LogP contribution is -2.17. The maximum atomic E-state index is 13.5. The summed E-state index contributed by atoms with van der Waals surface area (Å²) >= 11 is 0. The summed E-state index contributed by atoms with van der Waals surface area (Å²) < 4.78 is 57.6. The van der Waals surface area contributed by atoms with Gasteiger partial charge in [0.2, 0.25) is 5.95 Å². The lowest BCUT2D eigenvalue weighted by Gasteiger charge is -2.12. The standard InChI is InChI=1S/C21H22F4N2O/c1-3-6-16-17-12-15(28-21(23,24)25)10-11-19(17)27(18(16)7-4-2)13-14-8-5-9-20(22)26-14/h5,8-12H,3-4,6-7,13H2,1-2H3. The molecule has 3 rings (SSSR count). The minimum atomic E-state index is -4.74. The predicted octanol–water partition coefficient (Wildman–Crippen LogP) is 6.03. The molecule has 3 aromatic rings. The average molecular weight is 394 g/mol. The lowest BCUT2D eigenvalue weighted by molar-refractivity contribution is -0.274. The van der Waals surface area contributed by atoms with Crippen molar-refractivity contribution in [2.75, 3.05) is 0 Å². The lowest BCUT2D eigenvalue weighted by atomic mass is 10.0. The summed E-state index contributed by atoms with van der Waals surface area (Å²) in [6.45, 7) is 4.44. The van der Waals surface area contributed by atoms with Crippen molar-refractivity contribution in [2.24, 2.45) is 0 Å². The van der Waals surface area contributed by atoms with Gasteiger partial charge in [-0.2, -0.15) is 4.39 Å². The SMILES string of the molecule is CCCc1c(CCC)n(Cc2cccc(F)n2)c2ccc(OC(F)(F)F)cc12. The van der Waals surface area contributed by atoms with E-state index in [1.54, 1.807) is 18.2 Å². The summed E-state index contributed by atoms with van der Waals surface area (Å²) in [6, 6.07) is 9.02. The first-order chi connectivity index (χ1) is 13.3. The highest BCUT2D eigenvalue weighted by atomic mass is 19.4. The zero-order valence-electron chi connectivity index (χ0n) is 15.8. The quantitative estimate of drug-likeness (QED) is 0.362. The second kappa shape index (κ2) is 8.20. The Morgan fingerprint density at radius 2 is 1.79 bits per heavy atom. The molecular formula is C21H22F4N2O. The average Bonchev–Trinajstić information content (AvgIpc) is 2.87. The number of ether oxygens (including phenoxy) is 1. The van der Waals surface area contributed by atoms with E-state index in [1.807, 2.05) is 11.5 Å². The van der Waals surface area contributed by atoms with E-state index in [1.165, 1.54) is 18.2 Å². The molecule has 1 aromatic carbocycles. The number of aryl methyl sites for hydroxylation is 1. The number of hydrogen-bond donors (Lipinski definition) is 0. The van der Waals surface area contributed by atoms with Crippen molar-refractivity contribution >= 4 is 10.9 Å². The number of halogens is 4. The Labute approximate surface area is 161 Å². The van der Waals surface area contributed by atoms with E-state index in [0.717, 1.165) is 47.8 Å². The molecule has 0 spiro atoms. The van der Waals surface area contributed by atoms with Crippen molar-refractivity contribution in [3.05, 3.63) is 59.3 Å². The number of hydrogen-bond acceptors (Lipinski definition) is 2. The number of fused-ring (bicyclic) bond motifs is 1. The molecule has 7 heteroatoms. The van der Waals surface area contributed by atoms with Gasteiger partial charge in [-0.3, -0.25) is 0 Å². The van der Waals surface area contributed by atoms with Crippen LogP contribution in [0.25, 0.3) is 10.9 Å². The monoisotopic (exact) mass is 394 g/mol. The van der Waals surface area contributed by atoms with E-state index in [9.17, 15) is 17.6 Å². The first-order valence-electron chi connectivity index (χ1n) is 9.33. The van der Waals surface area contributed by atoms with Crippen molar-refractivity contribution in [3.63, 3.8) is 0 Å². The fourth-order valence-corrected chi connectivity index (χ4v) is 3.59. The molecule has 0 N–H and O–H groups in total. The van der Waals surface area contributed by atoms with Crippen LogP contribution in [0.2, 0.25) is 0 Å². The van der Waals surface area contributed by atoms with E-state index in [2.05, 4.69) is 16.6 Å². The van der Waals surface area contributed by atoms with Crippen molar-refractivity contribution in [3.8, 4) is 5.75 Å². The molecule has 0 aliphatic rings. The second-order valence-corrected chi connectivity index (χ2v) is 6.69. The maximum Gasteiger partial charge on any atom is 0.573 e. The number of rotatable bonds is 7. The first-order valence-corrected chi connectivity index (χ1v) is 9.33. The summed E-state index contributed by atoms with van der Waals surface area (Å²) in [5.74, 6) is -0.790. The minimum absolute atomic E-state index is 0.235. The molecule has 0 aliphatic carbocycles. The summed E-state index contributed by atoms with van der Waals surface area (Å²) in [4.78, 5) is 3.94. The van der Waals surface area contributed by atoms with Crippen LogP contribution in [-0.4, -0.2) is 15.9 Å². The predicted molar refractivity (Wildman–Crippen MR) is 99.9 cm³/mol. The Morgan fingerprint density at radius 3 is 2.43 bits per heavy atom. The van der Waals surface area contributed by atoms with E-state index in [-0.39, 0.29) is 5.75 Å². The highest BCUT2D eigenvalue weighted by molar-refractivity contribution is 5.87. The number of benzene rings is 1. The smallest absolute Gasteiger partial charge is 0.406 e. The summed E-state index contributed by atoms with van der Waals surface area (Å²) in [6.07, 6.45) is -1.48. The molecule has 0 atom stereocenters. The van der Waals surface area contributed by atoms with Gasteiger partial charge in [0.15, 0.2) is 0 Å². The van der Waals surface area contributed by atoms with E-state index < -0.39 is 12.3 Å². The van der Waals surface area contributed by atoms with Gasteiger partial charge >= 0.3 is 6.36 Å². The Bertz CT molecular complexity index is 963. The summed E-state index contributed by atoms with van der Waals surface area (Å²) in [5.41, 5.74) is 3.43. The number of alkyl halides is 3. The zero-order chi connectivity index (χ0) is 20.3. The van der Waals surface area contributed by atoms with Crippen LogP contribution in [0.5, 0.6) is 5.75 Å². The van der Waals surface area contributed by atoms with Crippen LogP contribution in [0.15, 0.2) is 36.4 Å². The molecular weight excluding hydrogens is 372 g/mol. The van der Waals surface area contributed by atoms with Gasteiger partial charge in [0.05, 0.1) is 12.2 Å². The molecule has 0 radical (unpaired) electrons. The molecule has 28 heavy (non-hydrogen) atoms. The van der Waals surface area contributed by atoms with E-state index >= 15 is 0 Å². The van der Waals surface area contributed by atoms with Gasteiger partial charge in [0, 0.05) is 16.6 Å². The van der Waals surface area contributed by atoms with Crippen molar-refractivity contribution in [1.29, 1.82) is 0 Å². The highest BCUT2D eigenvalue weighted by Crippen LogP contribution is 2.33. The Morgan fingerprint density at radius 1 is 1.04 bits per heavy atom. The van der Waals surface area contributed by atoms with Crippen molar-refractivity contribution < 1.29 is 22.3 Å². The molecule has 2 heterocycles. The molecule has 0 unspecified atom stereocenters. The third-order valence-corrected chi connectivity index (χ3v) is 4.57. The molecule has 2 aromatic heterocycles. The van der Waals surface area contributed by atoms with Gasteiger partial charge in [-0.05, 0) is 48.7 Å². The molecule has 0 saturated carbocycles. The van der Waals surface area contributed by atoms with Crippen LogP contribution >= 0.6 is 0 Å². The number of nitrogens with zero attached hydrogens (tertiary/aromatic N) is 2. The van der Waals surface area contributed by atoms with Crippen molar-refractivity contribution in [1.82, 2.24) is 9.55 Å². The fourth-order valence-electron chi connectivity index (χ4n) is 3.59. The van der Waals surface area contributed by atoms with Crippen LogP contribution in [0.3, 0.4) is 0 Å². The third-order valence-electron chi connectivity index (χ3n) is 4.57. The van der Waals surface area contributed by atoms with Crippen LogP contribution < -0.4 is 4.74 Å². The molecule has 150 valence electrons. The highest BCUT2D eigenvalue weighted by Gasteiger charge is 2.31. The molecule has 0 aliphatic heterocycles. The Balaban J connectivity index is 2.15. The largest absolute Gasteiger partial charge is 0.573 e. The Kier molecular flexibility index (Phi) is 5.91. The van der Waals surface area contributed by atoms with E-state index in [0.29, 0.717) is 12.2 Å². The van der Waals surface area contributed by atoms with Gasteiger partial charge in [-0.15, -0.1) is 13.2 Å². The van der Waals surface area contributed by atoms with Gasteiger partial charge in [0.25, 0.3) is 0 Å². The van der Waals surface area contributed by atoms with Crippen LogP contribution in [0.4, 0.5) is 17.6 Å². The Hall–Kier alpha value is -2.57. The topological polar surface area (TPSA) is 27.1 Å². The third kappa shape index (κ3) is 4.46. The first kappa shape index (κ1) is 20.2. The van der Waals surface area contributed by atoms with Gasteiger partial charge in [-0.25, -0.2) is 4.98 Å². The molecule has 0 saturated heterocycles. The van der Waals surface area contributed by atoms with Gasteiger partial charge in [0.1, 0.15) is 5.75 Å².